The summed E-state index contributed by atoms with van der Waals surface area (Å²) < 4.78 is 11.2. The zero-order valence-corrected chi connectivity index (χ0v) is 27.6. The molecule has 4 aromatic rings. The maximum atomic E-state index is 14.3. The Morgan fingerprint density at radius 3 is 2.34 bits per heavy atom. The van der Waals surface area contributed by atoms with Crippen LogP contribution in [0.5, 0.6) is 5.75 Å². The van der Waals surface area contributed by atoms with Gasteiger partial charge in [-0.05, 0) is 60.9 Å². The fourth-order valence-electron chi connectivity index (χ4n) is 6.04. The largest absolute Gasteiger partial charge is 0.507 e. The van der Waals surface area contributed by atoms with Crippen molar-refractivity contribution in [1.29, 1.82) is 0 Å². The molecule has 2 aliphatic heterocycles. The summed E-state index contributed by atoms with van der Waals surface area (Å²) in [6.45, 7) is 3.25. The van der Waals surface area contributed by atoms with E-state index in [1.807, 2.05) is 60.7 Å². The first-order valence-corrected chi connectivity index (χ1v) is 16.1. The zero-order chi connectivity index (χ0) is 35.4. The van der Waals surface area contributed by atoms with Crippen molar-refractivity contribution >= 4 is 40.8 Å². The van der Waals surface area contributed by atoms with Crippen LogP contribution in [0, 0.1) is 13.8 Å². The molecule has 50 heavy (non-hydrogen) atoms. The van der Waals surface area contributed by atoms with E-state index in [4.69, 9.17) is 20.2 Å². The maximum Gasteiger partial charge on any atom is 0.308 e. The average Bonchev–Trinajstić information content (AvgIpc) is 3.41. The minimum absolute atomic E-state index is 0.0580. The Kier molecular flexibility index (Phi) is 9.91. The molecule has 12 heteroatoms. The molecule has 3 atom stereocenters. The molecule has 4 aromatic carbocycles. The number of esters is 1. The highest BCUT2D eigenvalue weighted by Gasteiger charge is 2.38. The Labute approximate surface area is 288 Å². The van der Waals surface area contributed by atoms with Crippen LogP contribution >= 0.6 is 0 Å². The van der Waals surface area contributed by atoms with Crippen molar-refractivity contribution in [2.75, 3.05) is 23.8 Å². The number of carbonyl (C=O) groups excluding carboxylic acids is 4. The van der Waals surface area contributed by atoms with Crippen molar-refractivity contribution in [3.63, 3.8) is 0 Å². The van der Waals surface area contributed by atoms with E-state index in [-0.39, 0.29) is 24.3 Å². The molecule has 0 radical (unpaired) electrons. The minimum Gasteiger partial charge on any atom is -0.507 e. The second kappa shape index (κ2) is 14.6. The second-order valence-corrected chi connectivity index (χ2v) is 12.3. The molecule has 12 nitrogen and oxygen atoms in total. The van der Waals surface area contributed by atoms with Gasteiger partial charge in [-0.15, -0.1) is 0 Å². The molecule has 1 saturated heterocycles. The smallest absolute Gasteiger partial charge is 0.308 e. The van der Waals surface area contributed by atoms with Crippen LogP contribution in [0.1, 0.15) is 44.6 Å². The number of ether oxygens (including phenoxy) is 2. The lowest BCUT2D eigenvalue weighted by molar-refractivity contribution is -0.144. The van der Waals surface area contributed by atoms with E-state index in [1.54, 1.807) is 32.0 Å². The first kappa shape index (κ1) is 33.9. The van der Waals surface area contributed by atoms with Gasteiger partial charge in [-0.2, -0.15) is 0 Å². The number of cyclic esters (lactones) is 1. The van der Waals surface area contributed by atoms with Gasteiger partial charge in [0.05, 0.1) is 37.1 Å². The number of rotatable bonds is 10. The van der Waals surface area contributed by atoms with Gasteiger partial charge in [0, 0.05) is 22.4 Å². The SMILES string of the molecule is Cc1cc(C(=O)NC2N=C(c3ccccc3)c3cc(N)ccc3N(CC(=O)N[C@H]3CC(=O)OC3COCc3ccccc3)C2=O)cc(C)c1O. The third-order valence-electron chi connectivity index (χ3n) is 8.55. The molecular weight excluding hydrogens is 638 g/mol. The number of aliphatic imine (C=N–C) groups is 1. The molecule has 2 unspecified atom stereocenters. The fraction of sp³-hybridized carbons (Fsp3) is 0.237. The quantitative estimate of drug-likeness (QED) is 0.146. The van der Waals surface area contributed by atoms with E-state index >= 15 is 0 Å². The van der Waals surface area contributed by atoms with E-state index in [0.717, 1.165) is 5.56 Å². The van der Waals surface area contributed by atoms with Gasteiger partial charge in [0.2, 0.25) is 12.1 Å². The number of hydrogen-bond donors (Lipinski definition) is 4. The Morgan fingerprint density at radius 2 is 1.64 bits per heavy atom. The van der Waals surface area contributed by atoms with Crippen molar-refractivity contribution in [3.8, 4) is 5.75 Å². The van der Waals surface area contributed by atoms with Gasteiger partial charge in [-0.25, -0.2) is 4.99 Å². The number of amides is 3. The minimum atomic E-state index is -1.44. The number of aryl methyl sites for hydroxylation is 2. The Hall–Kier alpha value is -6.01. The molecule has 3 amide bonds. The molecule has 5 N–H and O–H groups in total. The zero-order valence-electron chi connectivity index (χ0n) is 27.6. The summed E-state index contributed by atoms with van der Waals surface area (Å²) in [5.74, 6) is -2.23. The van der Waals surface area contributed by atoms with Crippen LogP contribution < -0.4 is 21.3 Å². The first-order valence-electron chi connectivity index (χ1n) is 16.1. The Morgan fingerprint density at radius 1 is 0.960 bits per heavy atom. The van der Waals surface area contributed by atoms with Gasteiger partial charge in [-0.3, -0.25) is 24.1 Å². The highest BCUT2D eigenvalue weighted by molar-refractivity contribution is 6.21. The van der Waals surface area contributed by atoms with E-state index in [2.05, 4.69) is 10.6 Å². The van der Waals surface area contributed by atoms with Crippen LogP contribution in [0.25, 0.3) is 0 Å². The topological polar surface area (TPSA) is 173 Å². The molecule has 2 heterocycles. The number of hydrogen-bond acceptors (Lipinski definition) is 9. The lowest BCUT2D eigenvalue weighted by atomic mass is 9.99. The lowest BCUT2D eigenvalue weighted by Gasteiger charge is -2.26. The number of carbonyl (C=O) groups is 4. The van der Waals surface area contributed by atoms with Gasteiger partial charge in [0.1, 0.15) is 18.4 Å². The number of nitrogens with one attached hydrogen (secondary N) is 2. The number of phenols is 1. The predicted octanol–water partition coefficient (Wildman–Crippen LogP) is 3.55. The van der Waals surface area contributed by atoms with Crippen LogP contribution in [0.4, 0.5) is 11.4 Å². The predicted molar refractivity (Wildman–Crippen MR) is 187 cm³/mol. The number of aromatic hydroxyl groups is 1. The van der Waals surface area contributed by atoms with Crippen molar-refractivity contribution in [1.82, 2.24) is 10.6 Å². The third-order valence-corrected chi connectivity index (χ3v) is 8.55. The average molecular weight is 676 g/mol. The number of benzene rings is 4. The number of anilines is 2. The molecule has 6 rings (SSSR count). The highest BCUT2D eigenvalue weighted by atomic mass is 16.6. The summed E-state index contributed by atoms with van der Waals surface area (Å²) in [5.41, 5.74) is 10.7. The third kappa shape index (κ3) is 7.50. The normalized spacial score (nSPS) is 18.5. The van der Waals surface area contributed by atoms with Crippen LogP contribution in [-0.2, 0) is 30.5 Å². The van der Waals surface area contributed by atoms with Gasteiger partial charge in [0.25, 0.3) is 11.8 Å². The van der Waals surface area contributed by atoms with E-state index < -0.39 is 48.5 Å². The van der Waals surface area contributed by atoms with Crippen LogP contribution in [0.3, 0.4) is 0 Å². The molecule has 1 fully saturated rings. The summed E-state index contributed by atoms with van der Waals surface area (Å²) in [6, 6.07) is 25.9. The summed E-state index contributed by atoms with van der Waals surface area (Å²) >= 11 is 0. The summed E-state index contributed by atoms with van der Waals surface area (Å²) in [4.78, 5) is 59.9. The van der Waals surface area contributed by atoms with Crippen LogP contribution in [-0.4, -0.2) is 66.0 Å². The van der Waals surface area contributed by atoms with Crippen molar-refractivity contribution < 1.29 is 33.8 Å². The van der Waals surface area contributed by atoms with Gasteiger partial charge in [-0.1, -0.05) is 60.7 Å². The lowest BCUT2D eigenvalue weighted by Crippen LogP contribution is -2.52. The molecule has 0 bridgehead atoms. The standard InChI is InChI=1S/C38H37N5O7/c1-22-15-26(16-23(2)35(22)46)37(47)42-36-38(48)43(30-14-13-27(39)17-28(30)34(41-36)25-11-7-4-8-12-25)19-32(44)40-29-18-33(45)50-31(29)21-49-20-24-9-5-3-6-10-24/h3-17,29,31,36,46H,18-21,39H2,1-2H3,(H,40,44)(H,42,47)/t29-,31?,36?/m0/s1. The number of fused-ring (bicyclic) bond motifs is 1. The van der Waals surface area contributed by atoms with Crippen LogP contribution in [0.15, 0.2) is 96.0 Å². The van der Waals surface area contributed by atoms with E-state index in [1.165, 1.54) is 17.0 Å². The molecule has 0 aromatic heterocycles. The second-order valence-electron chi connectivity index (χ2n) is 12.3. The van der Waals surface area contributed by atoms with Gasteiger partial charge < -0.3 is 30.9 Å². The number of nitrogen functional groups attached to an aromatic ring is 1. The molecule has 0 spiro atoms. The molecular formula is C38H37N5O7. The Bertz CT molecular complexity index is 1940. The van der Waals surface area contributed by atoms with Crippen molar-refractivity contribution in [2.45, 2.75) is 45.2 Å². The fourth-order valence-corrected chi connectivity index (χ4v) is 6.04. The number of nitrogens with two attached hydrogens (primary N) is 1. The monoisotopic (exact) mass is 675 g/mol. The van der Waals surface area contributed by atoms with Gasteiger partial charge >= 0.3 is 5.97 Å². The number of nitrogens with zero attached hydrogens (tertiary/aromatic N) is 2. The van der Waals surface area contributed by atoms with Crippen molar-refractivity contribution in [3.05, 3.63) is 124 Å². The number of phenolic OH excluding ortho intramolecular Hbond substituents is 1. The molecule has 256 valence electrons. The summed E-state index contributed by atoms with van der Waals surface area (Å²) in [5, 5.41) is 15.8. The van der Waals surface area contributed by atoms with E-state index in [0.29, 0.717) is 45.9 Å². The molecule has 0 aliphatic carbocycles. The summed E-state index contributed by atoms with van der Waals surface area (Å²) in [6.07, 6.45) is -2.22. The maximum absolute atomic E-state index is 14.3. The van der Waals surface area contributed by atoms with Gasteiger partial charge in [0.15, 0.2) is 0 Å². The van der Waals surface area contributed by atoms with E-state index in [9.17, 15) is 24.3 Å². The van der Waals surface area contributed by atoms with Crippen LogP contribution in [0.2, 0.25) is 0 Å². The molecule has 0 saturated carbocycles. The Balaban J connectivity index is 1.28. The van der Waals surface area contributed by atoms with Crippen molar-refractivity contribution in [2.24, 2.45) is 4.99 Å². The molecule has 2 aliphatic rings. The number of benzodiazepines with no additional fused rings is 1. The first-order chi connectivity index (χ1) is 24.1. The highest BCUT2D eigenvalue weighted by Crippen LogP contribution is 2.31. The summed E-state index contributed by atoms with van der Waals surface area (Å²) in [7, 11) is 0.